The summed E-state index contributed by atoms with van der Waals surface area (Å²) in [6.45, 7) is 0. The maximum Gasteiger partial charge on any atom is 0.352 e. The maximum atomic E-state index is 12.2. The van der Waals surface area contributed by atoms with E-state index in [2.05, 4.69) is 12.0 Å². The van der Waals surface area contributed by atoms with Crippen LogP contribution in [-0.4, -0.2) is 17.0 Å². The van der Waals surface area contributed by atoms with Crippen LogP contribution in [0.25, 0.3) is 0 Å². The Labute approximate surface area is 141 Å². The number of hydrogen-bond donors (Lipinski definition) is 1. The van der Waals surface area contributed by atoms with Crippen molar-refractivity contribution in [3.63, 3.8) is 0 Å². The summed E-state index contributed by atoms with van der Waals surface area (Å²) in [5.74, 6) is 3.76. The standard InChI is InChI=1S/C20H20O4/c21-18(22)16-3-1-2-4-17(16)19(23)24-6-5-20-10-13-7-14(11-20)9-15(8-13)12-20/h1-4,13-15H,7-12H2,(H,21,22). The van der Waals surface area contributed by atoms with Crippen molar-refractivity contribution in [3.8, 4) is 12.0 Å². The van der Waals surface area contributed by atoms with E-state index in [1.807, 2.05) is 0 Å². The molecule has 4 fully saturated rings. The predicted molar refractivity (Wildman–Crippen MR) is 87.2 cm³/mol. The largest absolute Gasteiger partial charge is 0.478 e. The van der Waals surface area contributed by atoms with Crippen molar-refractivity contribution in [3.05, 3.63) is 35.4 Å². The highest BCUT2D eigenvalue weighted by molar-refractivity contribution is 6.02. The van der Waals surface area contributed by atoms with Gasteiger partial charge in [-0.1, -0.05) is 18.1 Å². The molecule has 4 bridgehead atoms. The monoisotopic (exact) mass is 324 g/mol. The summed E-state index contributed by atoms with van der Waals surface area (Å²) in [5.41, 5.74) is 0.00496. The van der Waals surface area contributed by atoms with E-state index in [0.717, 1.165) is 37.0 Å². The van der Waals surface area contributed by atoms with Gasteiger partial charge in [0.1, 0.15) is 6.11 Å². The minimum absolute atomic E-state index is 0.0152. The number of rotatable bonds is 2. The zero-order valence-corrected chi connectivity index (χ0v) is 13.5. The molecule has 0 saturated heterocycles. The fraction of sp³-hybridized carbons (Fsp3) is 0.500. The van der Waals surface area contributed by atoms with Crippen LogP contribution >= 0.6 is 0 Å². The summed E-state index contributed by atoms with van der Waals surface area (Å²) in [6.07, 6.45) is 10.00. The molecule has 0 amide bonds. The first-order valence-electron chi connectivity index (χ1n) is 8.60. The van der Waals surface area contributed by atoms with Crippen molar-refractivity contribution >= 4 is 11.9 Å². The molecular formula is C20H20O4. The van der Waals surface area contributed by atoms with Gasteiger partial charge in [-0.05, 0) is 68.4 Å². The lowest BCUT2D eigenvalue weighted by atomic mass is 9.50. The Morgan fingerprint density at radius 3 is 2.08 bits per heavy atom. The van der Waals surface area contributed by atoms with Crippen molar-refractivity contribution in [1.29, 1.82) is 0 Å². The van der Waals surface area contributed by atoms with Crippen molar-refractivity contribution in [2.75, 3.05) is 0 Å². The Bertz CT molecular complexity index is 717. The number of carbonyl (C=O) groups is 2. The molecule has 4 saturated carbocycles. The van der Waals surface area contributed by atoms with Gasteiger partial charge >= 0.3 is 11.9 Å². The second-order valence-electron chi connectivity index (χ2n) is 7.67. The van der Waals surface area contributed by atoms with Crippen molar-refractivity contribution in [2.24, 2.45) is 23.2 Å². The zero-order chi connectivity index (χ0) is 16.7. The highest BCUT2D eigenvalue weighted by atomic mass is 16.5. The van der Waals surface area contributed by atoms with Gasteiger partial charge in [0.2, 0.25) is 0 Å². The number of esters is 1. The molecule has 1 aromatic carbocycles. The number of carboxylic acid groups (broad SMARTS) is 1. The first kappa shape index (κ1) is 15.3. The number of ether oxygens (including phenoxy) is 1. The van der Waals surface area contributed by atoms with Crippen LogP contribution in [0.4, 0.5) is 0 Å². The van der Waals surface area contributed by atoms with Gasteiger partial charge in [0.05, 0.1) is 11.1 Å². The Kier molecular flexibility index (Phi) is 3.60. The first-order valence-corrected chi connectivity index (χ1v) is 8.60. The quantitative estimate of drug-likeness (QED) is 0.665. The highest BCUT2D eigenvalue weighted by Crippen LogP contribution is 2.59. The molecule has 5 rings (SSSR count). The summed E-state index contributed by atoms with van der Waals surface area (Å²) in [4.78, 5) is 23.4. The van der Waals surface area contributed by atoms with E-state index < -0.39 is 11.9 Å². The third-order valence-electron chi connectivity index (χ3n) is 5.88. The zero-order valence-electron chi connectivity index (χ0n) is 13.5. The number of hydrogen-bond acceptors (Lipinski definition) is 3. The van der Waals surface area contributed by atoms with E-state index >= 15 is 0 Å². The lowest BCUT2D eigenvalue weighted by Crippen LogP contribution is -2.45. The van der Waals surface area contributed by atoms with Gasteiger partial charge in [0, 0.05) is 5.41 Å². The molecule has 0 aromatic heterocycles. The molecular weight excluding hydrogens is 304 g/mol. The van der Waals surface area contributed by atoms with Crippen molar-refractivity contribution in [1.82, 2.24) is 0 Å². The lowest BCUT2D eigenvalue weighted by molar-refractivity contribution is -0.0185. The third kappa shape index (κ3) is 2.69. The highest BCUT2D eigenvalue weighted by Gasteiger charge is 2.50. The Morgan fingerprint density at radius 1 is 1.00 bits per heavy atom. The van der Waals surface area contributed by atoms with E-state index in [9.17, 15) is 9.59 Å². The molecule has 124 valence electrons. The molecule has 0 heterocycles. The molecule has 1 aromatic rings. The first-order chi connectivity index (χ1) is 11.5. The molecule has 4 aliphatic carbocycles. The summed E-state index contributed by atoms with van der Waals surface area (Å²) in [6, 6.07) is 6.06. The van der Waals surface area contributed by atoms with Crippen LogP contribution in [0.1, 0.15) is 59.2 Å². The fourth-order valence-corrected chi connectivity index (χ4v) is 5.35. The normalized spacial score (nSPS) is 32.8. The van der Waals surface area contributed by atoms with E-state index in [-0.39, 0.29) is 16.5 Å². The van der Waals surface area contributed by atoms with E-state index in [1.165, 1.54) is 31.4 Å². The van der Waals surface area contributed by atoms with Crippen LogP contribution < -0.4 is 0 Å². The maximum absolute atomic E-state index is 12.2. The molecule has 4 heteroatoms. The van der Waals surface area contributed by atoms with Gasteiger partial charge in [-0.25, -0.2) is 9.59 Å². The van der Waals surface area contributed by atoms with Crippen LogP contribution in [0.5, 0.6) is 0 Å². The van der Waals surface area contributed by atoms with Gasteiger partial charge in [-0.3, -0.25) is 0 Å². The molecule has 0 atom stereocenters. The second-order valence-corrected chi connectivity index (χ2v) is 7.67. The number of carbonyl (C=O) groups excluding carboxylic acids is 1. The summed E-state index contributed by atoms with van der Waals surface area (Å²) in [7, 11) is 0. The Balaban J connectivity index is 1.49. The van der Waals surface area contributed by atoms with Crippen LogP contribution in [-0.2, 0) is 4.74 Å². The number of benzene rings is 1. The molecule has 0 aliphatic heterocycles. The number of carboxylic acids is 1. The minimum atomic E-state index is -1.14. The van der Waals surface area contributed by atoms with Gasteiger partial charge in [-0.15, -0.1) is 0 Å². The predicted octanol–water partition coefficient (Wildman–Crippen LogP) is 3.72. The van der Waals surface area contributed by atoms with Crippen LogP contribution in [0, 0.1) is 35.2 Å². The summed E-state index contributed by atoms with van der Waals surface area (Å²) >= 11 is 0. The van der Waals surface area contributed by atoms with Crippen molar-refractivity contribution < 1.29 is 19.4 Å². The van der Waals surface area contributed by atoms with Crippen molar-refractivity contribution in [2.45, 2.75) is 38.5 Å². The molecule has 24 heavy (non-hydrogen) atoms. The summed E-state index contributed by atoms with van der Waals surface area (Å²) < 4.78 is 5.09. The molecule has 0 spiro atoms. The smallest absolute Gasteiger partial charge is 0.352 e. The minimum Gasteiger partial charge on any atom is -0.478 e. The topological polar surface area (TPSA) is 63.6 Å². The summed E-state index contributed by atoms with van der Waals surface area (Å²) in [5, 5.41) is 9.15. The Hall–Kier alpha value is -2.28. The Morgan fingerprint density at radius 2 is 1.54 bits per heavy atom. The van der Waals surface area contributed by atoms with Gasteiger partial charge in [0.25, 0.3) is 0 Å². The van der Waals surface area contributed by atoms with Crippen LogP contribution in [0.3, 0.4) is 0 Å². The number of aromatic carboxylic acids is 1. The molecule has 1 N–H and O–H groups in total. The molecule has 4 aliphatic rings. The fourth-order valence-electron chi connectivity index (χ4n) is 5.35. The van der Waals surface area contributed by atoms with E-state index in [1.54, 1.807) is 12.1 Å². The molecule has 0 unspecified atom stereocenters. The second kappa shape index (κ2) is 5.66. The van der Waals surface area contributed by atoms with Gasteiger partial charge in [0.15, 0.2) is 0 Å². The SMILES string of the molecule is O=C(O)c1ccccc1C(=O)OC#CC12CC3CC(CC(C3)C1)C2. The third-order valence-corrected chi connectivity index (χ3v) is 5.88. The van der Waals surface area contributed by atoms with Gasteiger partial charge < -0.3 is 9.84 Å². The van der Waals surface area contributed by atoms with E-state index in [0.29, 0.717) is 0 Å². The van der Waals surface area contributed by atoms with Crippen LogP contribution in [0.2, 0.25) is 0 Å². The van der Waals surface area contributed by atoms with Crippen LogP contribution in [0.15, 0.2) is 24.3 Å². The molecule has 4 nitrogen and oxygen atoms in total. The molecule has 0 radical (unpaired) electrons. The van der Waals surface area contributed by atoms with Gasteiger partial charge in [-0.2, -0.15) is 0 Å². The van der Waals surface area contributed by atoms with E-state index in [4.69, 9.17) is 9.84 Å². The average Bonchev–Trinajstić information content (AvgIpc) is 2.53. The average molecular weight is 324 g/mol. The lowest BCUT2D eigenvalue weighted by Gasteiger charge is -2.54.